The predicted octanol–water partition coefficient (Wildman–Crippen LogP) is 3.46. The lowest BCUT2D eigenvalue weighted by Crippen LogP contribution is -2.45. The molecule has 1 heterocycles. The van der Waals surface area contributed by atoms with Crippen LogP contribution in [0.15, 0.2) is 53.4 Å². The molecule has 2 aromatic rings. The largest absolute Gasteiger partial charge is 0.494 e. The van der Waals surface area contributed by atoms with Crippen molar-refractivity contribution in [2.45, 2.75) is 31.2 Å². The molecule has 0 aliphatic carbocycles. The van der Waals surface area contributed by atoms with Crippen LogP contribution in [0.4, 0.5) is 0 Å². The molecular weight excluding hydrogens is 412 g/mol. The highest BCUT2D eigenvalue weighted by Crippen LogP contribution is 2.25. The molecule has 0 bridgehead atoms. The molecule has 6 nitrogen and oxygen atoms in total. The second-order valence-electron chi connectivity index (χ2n) is 6.95. The van der Waals surface area contributed by atoms with Gasteiger partial charge < -0.3 is 10.1 Å². The zero-order chi connectivity index (χ0) is 20.9. The molecule has 0 radical (unpaired) electrons. The van der Waals surface area contributed by atoms with Crippen molar-refractivity contribution in [2.24, 2.45) is 5.92 Å². The van der Waals surface area contributed by atoms with Gasteiger partial charge in [-0.2, -0.15) is 4.31 Å². The highest BCUT2D eigenvalue weighted by Gasteiger charge is 2.33. The first-order chi connectivity index (χ1) is 13.9. The van der Waals surface area contributed by atoms with Gasteiger partial charge in [-0.25, -0.2) is 8.42 Å². The van der Waals surface area contributed by atoms with Crippen molar-refractivity contribution in [1.82, 2.24) is 9.62 Å². The number of amides is 1. The van der Waals surface area contributed by atoms with Crippen molar-refractivity contribution in [3.05, 3.63) is 59.1 Å². The van der Waals surface area contributed by atoms with Crippen LogP contribution < -0.4 is 10.1 Å². The molecule has 0 saturated carbocycles. The second-order valence-corrected chi connectivity index (χ2v) is 9.33. The van der Waals surface area contributed by atoms with Crippen molar-refractivity contribution >= 4 is 27.5 Å². The fourth-order valence-corrected chi connectivity index (χ4v) is 5.03. The zero-order valence-electron chi connectivity index (χ0n) is 16.3. The number of hydrogen-bond donors (Lipinski definition) is 1. The molecule has 1 fully saturated rings. The number of piperidine rings is 1. The second kappa shape index (κ2) is 9.61. The van der Waals surface area contributed by atoms with E-state index in [-0.39, 0.29) is 23.3 Å². The van der Waals surface area contributed by atoms with Crippen LogP contribution in [-0.2, 0) is 21.4 Å². The topological polar surface area (TPSA) is 75.7 Å². The number of rotatable bonds is 7. The molecule has 3 rings (SSSR count). The Hall–Kier alpha value is -2.09. The minimum Gasteiger partial charge on any atom is -0.494 e. The van der Waals surface area contributed by atoms with E-state index in [4.69, 9.17) is 16.3 Å². The van der Waals surface area contributed by atoms with Gasteiger partial charge in [0.05, 0.1) is 17.4 Å². The molecule has 1 unspecified atom stereocenters. The van der Waals surface area contributed by atoms with Gasteiger partial charge in [0.1, 0.15) is 5.75 Å². The summed E-state index contributed by atoms with van der Waals surface area (Å²) in [6.45, 7) is 3.46. The summed E-state index contributed by atoms with van der Waals surface area (Å²) in [5.41, 5.74) is 0.936. The van der Waals surface area contributed by atoms with Crippen LogP contribution in [0.1, 0.15) is 25.3 Å². The van der Waals surface area contributed by atoms with Crippen molar-refractivity contribution in [2.75, 3.05) is 19.7 Å². The van der Waals surface area contributed by atoms with E-state index in [1.54, 1.807) is 12.1 Å². The third-order valence-corrected chi connectivity index (χ3v) is 7.01. The third kappa shape index (κ3) is 5.50. The highest BCUT2D eigenvalue weighted by atomic mass is 35.5. The summed E-state index contributed by atoms with van der Waals surface area (Å²) in [4.78, 5) is 12.8. The summed E-state index contributed by atoms with van der Waals surface area (Å²) >= 11 is 5.86. The third-order valence-electron chi connectivity index (χ3n) is 4.88. The molecular formula is C21H25ClN2O4S. The van der Waals surface area contributed by atoms with E-state index in [9.17, 15) is 13.2 Å². The lowest BCUT2D eigenvalue weighted by Gasteiger charge is -2.31. The predicted molar refractivity (Wildman–Crippen MR) is 112 cm³/mol. The zero-order valence-corrected chi connectivity index (χ0v) is 17.9. The Morgan fingerprint density at radius 2 is 2.00 bits per heavy atom. The number of benzene rings is 2. The van der Waals surface area contributed by atoms with E-state index in [0.29, 0.717) is 37.6 Å². The molecule has 1 N–H and O–H groups in total. The average molecular weight is 437 g/mol. The van der Waals surface area contributed by atoms with E-state index in [0.717, 1.165) is 11.3 Å². The first-order valence-corrected chi connectivity index (χ1v) is 11.5. The molecule has 156 valence electrons. The number of sulfonamides is 1. The number of hydrogen-bond acceptors (Lipinski definition) is 4. The number of carbonyl (C=O) groups excluding carboxylic acids is 1. The van der Waals surface area contributed by atoms with Gasteiger partial charge in [0.2, 0.25) is 15.9 Å². The Balaban J connectivity index is 1.62. The summed E-state index contributed by atoms with van der Waals surface area (Å²) in [7, 11) is -3.65. The van der Waals surface area contributed by atoms with Crippen molar-refractivity contribution in [3.8, 4) is 5.75 Å². The molecule has 8 heteroatoms. The van der Waals surface area contributed by atoms with Crippen LogP contribution in [0, 0.1) is 5.92 Å². The van der Waals surface area contributed by atoms with Crippen molar-refractivity contribution in [1.29, 1.82) is 0 Å². The summed E-state index contributed by atoms with van der Waals surface area (Å²) in [6, 6.07) is 13.7. The summed E-state index contributed by atoms with van der Waals surface area (Å²) in [5, 5.41) is 3.40. The Morgan fingerprint density at radius 1 is 1.24 bits per heavy atom. The normalized spacial score (nSPS) is 17.7. The molecule has 0 spiro atoms. The minimum absolute atomic E-state index is 0.136. The van der Waals surface area contributed by atoms with Crippen LogP contribution in [-0.4, -0.2) is 38.3 Å². The smallest absolute Gasteiger partial charge is 0.243 e. The summed E-state index contributed by atoms with van der Waals surface area (Å²) in [5.74, 6) is 0.251. The van der Waals surface area contributed by atoms with E-state index < -0.39 is 10.0 Å². The van der Waals surface area contributed by atoms with Crippen LogP contribution >= 0.6 is 11.6 Å². The summed E-state index contributed by atoms with van der Waals surface area (Å²) in [6.07, 6.45) is 1.31. The average Bonchev–Trinajstić information content (AvgIpc) is 2.73. The van der Waals surface area contributed by atoms with Gasteiger partial charge in [-0.1, -0.05) is 23.7 Å². The van der Waals surface area contributed by atoms with Gasteiger partial charge in [-0.3, -0.25) is 4.79 Å². The van der Waals surface area contributed by atoms with E-state index in [1.165, 1.54) is 16.4 Å². The maximum absolute atomic E-state index is 12.9. The van der Waals surface area contributed by atoms with Crippen molar-refractivity contribution < 1.29 is 17.9 Å². The minimum atomic E-state index is -3.65. The number of nitrogens with one attached hydrogen (secondary N) is 1. The fourth-order valence-electron chi connectivity index (χ4n) is 3.38. The van der Waals surface area contributed by atoms with E-state index in [2.05, 4.69) is 5.32 Å². The number of halogens is 1. The van der Waals surface area contributed by atoms with Crippen LogP contribution in [0.25, 0.3) is 0 Å². The Kier molecular flexibility index (Phi) is 7.16. The Labute approximate surface area is 176 Å². The van der Waals surface area contributed by atoms with Crippen LogP contribution in [0.3, 0.4) is 0 Å². The van der Waals surface area contributed by atoms with E-state index in [1.807, 2.05) is 31.2 Å². The van der Waals surface area contributed by atoms with Gasteiger partial charge in [0.25, 0.3) is 0 Å². The van der Waals surface area contributed by atoms with Crippen LogP contribution in [0.2, 0.25) is 5.02 Å². The Bertz CT molecular complexity index is 947. The van der Waals surface area contributed by atoms with Gasteiger partial charge in [-0.05, 0) is 61.7 Å². The molecule has 1 aliphatic heterocycles. The molecule has 1 aliphatic rings. The van der Waals surface area contributed by atoms with Gasteiger partial charge in [0, 0.05) is 24.7 Å². The lowest BCUT2D eigenvalue weighted by atomic mass is 9.99. The lowest BCUT2D eigenvalue weighted by molar-refractivity contribution is -0.126. The first kappa shape index (κ1) is 21.6. The highest BCUT2D eigenvalue weighted by molar-refractivity contribution is 7.89. The molecule has 1 amide bonds. The summed E-state index contributed by atoms with van der Waals surface area (Å²) < 4.78 is 32.6. The molecule has 2 aromatic carbocycles. The molecule has 1 saturated heterocycles. The molecule has 29 heavy (non-hydrogen) atoms. The number of nitrogens with zero attached hydrogens (tertiary/aromatic N) is 1. The SMILES string of the molecule is CCOc1cccc(CNC(=O)C2CCCN(S(=O)(=O)c3ccc(Cl)cc3)C2)c1. The molecule has 0 aromatic heterocycles. The van der Waals surface area contributed by atoms with Crippen molar-refractivity contribution in [3.63, 3.8) is 0 Å². The standard InChI is InChI=1S/C21H25ClN2O4S/c1-2-28-19-7-3-5-16(13-19)14-23-21(25)17-6-4-12-24(15-17)29(26,27)20-10-8-18(22)9-11-20/h3,5,7-11,13,17H,2,4,6,12,14-15H2,1H3,(H,23,25). The monoisotopic (exact) mass is 436 g/mol. The van der Waals surface area contributed by atoms with E-state index >= 15 is 0 Å². The first-order valence-electron chi connectivity index (χ1n) is 9.65. The van der Waals surface area contributed by atoms with Gasteiger partial charge in [0.15, 0.2) is 0 Å². The van der Waals surface area contributed by atoms with Gasteiger partial charge in [-0.15, -0.1) is 0 Å². The number of carbonyl (C=O) groups is 1. The maximum atomic E-state index is 12.9. The molecule has 1 atom stereocenters. The van der Waals surface area contributed by atoms with Crippen LogP contribution in [0.5, 0.6) is 5.75 Å². The quantitative estimate of drug-likeness (QED) is 0.721. The maximum Gasteiger partial charge on any atom is 0.243 e. The fraction of sp³-hybridized carbons (Fsp3) is 0.381. The van der Waals surface area contributed by atoms with Gasteiger partial charge >= 0.3 is 0 Å². The Morgan fingerprint density at radius 3 is 2.72 bits per heavy atom. The number of ether oxygens (including phenoxy) is 1.